The van der Waals surface area contributed by atoms with Gasteiger partial charge in [0.25, 0.3) is 5.91 Å². The van der Waals surface area contributed by atoms with Crippen molar-refractivity contribution in [3.8, 4) is 5.75 Å². The van der Waals surface area contributed by atoms with Crippen LogP contribution in [0.15, 0.2) is 18.2 Å². The number of aromatic hydroxyl groups is 1. The number of phenols is 1. The second kappa shape index (κ2) is 2.57. The van der Waals surface area contributed by atoms with E-state index in [1.807, 2.05) is 0 Å². The molecule has 0 spiro atoms. The third kappa shape index (κ3) is 1.29. The van der Waals surface area contributed by atoms with Crippen molar-refractivity contribution in [1.29, 1.82) is 0 Å². The molecule has 1 rings (SSSR count). The van der Waals surface area contributed by atoms with Crippen LogP contribution in [0, 0.1) is 5.82 Å². The third-order valence-electron chi connectivity index (χ3n) is 1.24. The van der Waals surface area contributed by atoms with E-state index in [-0.39, 0.29) is 0 Å². The Labute approximate surface area is 62.3 Å². The lowest BCUT2D eigenvalue weighted by Gasteiger charge is -1.99. The topological polar surface area (TPSA) is 63.3 Å². The van der Waals surface area contributed by atoms with Crippen LogP contribution in [-0.2, 0) is 0 Å². The largest absolute Gasteiger partial charge is 0.507 e. The van der Waals surface area contributed by atoms with Gasteiger partial charge in [-0.05, 0) is 12.1 Å². The fourth-order valence-corrected chi connectivity index (χ4v) is 0.757. The first-order valence-corrected chi connectivity index (χ1v) is 2.90. The molecule has 0 fully saturated rings. The molecule has 3 nitrogen and oxygen atoms in total. The van der Waals surface area contributed by atoms with Crippen LogP contribution >= 0.6 is 0 Å². The zero-order chi connectivity index (χ0) is 8.43. The lowest BCUT2D eigenvalue weighted by atomic mass is 10.2. The Kier molecular flexibility index (Phi) is 1.76. The summed E-state index contributed by atoms with van der Waals surface area (Å²) < 4.78 is 12.6. The van der Waals surface area contributed by atoms with Gasteiger partial charge in [0, 0.05) is 0 Å². The summed E-state index contributed by atoms with van der Waals surface area (Å²) >= 11 is 0. The van der Waals surface area contributed by atoms with Gasteiger partial charge in [0.15, 0.2) is 0 Å². The molecule has 0 saturated carbocycles. The SMILES string of the molecule is NC(=O)c1c(O)cccc1F. The Hall–Kier alpha value is -1.58. The minimum Gasteiger partial charge on any atom is -0.507 e. The Morgan fingerprint density at radius 2 is 2.18 bits per heavy atom. The third-order valence-corrected chi connectivity index (χ3v) is 1.24. The van der Waals surface area contributed by atoms with Crippen molar-refractivity contribution in [2.45, 2.75) is 0 Å². The average molecular weight is 155 g/mol. The molecule has 0 aromatic heterocycles. The molecular weight excluding hydrogens is 149 g/mol. The minimum absolute atomic E-state index is 0.433. The van der Waals surface area contributed by atoms with Gasteiger partial charge in [-0.25, -0.2) is 4.39 Å². The molecule has 0 unspecified atom stereocenters. The van der Waals surface area contributed by atoms with Crippen LogP contribution in [-0.4, -0.2) is 11.0 Å². The predicted octanol–water partition coefficient (Wildman–Crippen LogP) is 0.630. The molecule has 0 radical (unpaired) electrons. The van der Waals surface area contributed by atoms with Gasteiger partial charge in [-0.3, -0.25) is 4.79 Å². The molecule has 3 N–H and O–H groups in total. The van der Waals surface area contributed by atoms with Crippen molar-refractivity contribution in [2.75, 3.05) is 0 Å². The Morgan fingerprint density at radius 1 is 1.55 bits per heavy atom. The van der Waals surface area contributed by atoms with Crippen molar-refractivity contribution in [2.24, 2.45) is 5.73 Å². The number of amides is 1. The first kappa shape index (κ1) is 7.53. The van der Waals surface area contributed by atoms with Gasteiger partial charge in [0.1, 0.15) is 17.1 Å². The summed E-state index contributed by atoms with van der Waals surface area (Å²) in [4.78, 5) is 10.5. The van der Waals surface area contributed by atoms with Crippen molar-refractivity contribution in [3.05, 3.63) is 29.6 Å². The first-order valence-electron chi connectivity index (χ1n) is 2.90. The van der Waals surface area contributed by atoms with Crippen LogP contribution in [0.25, 0.3) is 0 Å². The van der Waals surface area contributed by atoms with Crippen molar-refractivity contribution >= 4 is 5.91 Å². The van der Waals surface area contributed by atoms with Crippen LogP contribution < -0.4 is 5.73 Å². The van der Waals surface area contributed by atoms with Crippen molar-refractivity contribution in [3.63, 3.8) is 0 Å². The summed E-state index contributed by atoms with van der Waals surface area (Å²) in [5, 5.41) is 8.92. The van der Waals surface area contributed by atoms with Crippen LogP contribution in [0.5, 0.6) is 5.75 Å². The van der Waals surface area contributed by atoms with E-state index in [9.17, 15) is 9.18 Å². The van der Waals surface area contributed by atoms with E-state index < -0.39 is 23.0 Å². The molecule has 0 saturated heterocycles. The molecule has 0 aliphatic carbocycles. The summed E-state index contributed by atoms with van der Waals surface area (Å²) in [6.45, 7) is 0. The van der Waals surface area contributed by atoms with E-state index in [0.29, 0.717) is 0 Å². The highest BCUT2D eigenvalue weighted by Crippen LogP contribution is 2.18. The Balaban J connectivity index is 3.32. The second-order valence-corrected chi connectivity index (χ2v) is 2.00. The van der Waals surface area contributed by atoms with Crippen LogP contribution in [0.1, 0.15) is 10.4 Å². The molecule has 0 aliphatic heterocycles. The summed E-state index contributed by atoms with van der Waals surface area (Å²) in [6, 6.07) is 3.54. The molecule has 58 valence electrons. The molecular formula is C7H6FNO2. The van der Waals surface area contributed by atoms with E-state index >= 15 is 0 Å². The molecule has 0 atom stereocenters. The minimum atomic E-state index is -0.972. The first-order chi connectivity index (χ1) is 5.13. The van der Waals surface area contributed by atoms with E-state index in [0.717, 1.165) is 6.07 Å². The van der Waals surface area contributed by atoms with Gasteiger partial charge in [0.2, 0.25) is 0 Å². The zero-order valence-corrected chi connectivity index (χ0v) is 5.54. The summed E-state index contributed by atoms with van der Waals surface area (Å²) in [5.41, 5.74) is 4.31. The number of hydrogen-bond acceptors (Lipinski definition) is 2. The number of carbonyl (C=O) groups is 1. The standard InChI is InChI=1S/C7H6FNO2/c8-4-2-1-3-5(10)6(4)7(9)11/h1-3,10H,(H2,9,11). The molecule has 11 heavy (non-hydrogen) atoms. The highest BCUT2D eigenvalue weighted by atomic mass is 19.1. The number of rotatable bonds is 1. The maximum Gasteiger partial charge on any atom is 0.255 e. The second-order valence-electron chi connectivity index (χ2n) is 2.00. The molecule has 1 aromatic rings. The van der Waals surface area contributed by atoms with Gasteiger partial charge in [-0.2, -0.15) is 0 Å². The predicted molar refractivity (Wildman–Crippen MR) is 36.6 cm³/mol. The molecule has 1 amide bonds. The fourth-order valence-electron chi connectivity index (χ4n) is 0.757. The molecule has 1 aromatic carbocycles. The number of carbonyl (C=O) groups excluding carboxylic acids is 1. The van der Waals surface area contributed by atoms with Gasteiger partial charge in [-0.1, -0.05) is 6.07 Å². The molecule has 0 heterocycles. The lowest BCUT2D eigenvalue weighted by Crippen LogP contribution is -2.13. The van der Waals surface area contributed by atoms with Crippen LogP contribution in [0.2, 0.25) is 0 Å². The van der Waals surface area contributed by atoms with Crippen molar-refractivity contribution < 1.29 is 14.3 Å². The van der Waals surface area contributed by atoms with Crippen molar-refractivity contribution in [1.82, 2.24) is 0 Å². The van der Waals surface area contributed by atoms with E-state index in [4.69, 9.17) is 10.8 Å². The Bertz CT molecular complexity index is 278. The van der Waals surface area contributed by atoms with Gasteiger partial charge < -0.3 is 10.8 Å². The summed E-state index contributed by atoms with van der Waals surface area (Å²) in [7, 11) is 0. The van der Waals surface area contributed by atoms with E-state index in [1.54, 1.807) is 0 Å². The normalized spacial score (nSPS) is 9.55. The monoisotopic (exact) mass is 155 g/mol. The average Bonchev–Trinajstić information content (AvgIpc) is 1.85. The summed E-state index contributed by atoms with van der Waals surface area (Å²) in [6.07, 6.45) is 0. The number of halogens is 1. The highest BCUT2D eigenvalue weighted by molar-refractivity contribution is 5.95. The number of benzene rings is 1. The Morgan fingerprint density at radius 3 is 2.55 bits per heavy atom. The molecule has 0 aliphatic rings. The lowest BCUT2D eigenvalue weighted by molar-refractivity contribution is 0.0993. The molecule has 0 bridgehead atoms. The molecule has 4 heteroatoms. The maximum absolute atomic E-state index is 12.6. The number of nitrogens with two attached hydrogens (primary N) is 1. The zero-order valence-electron chi connectivity index (χ0n) is 5.54. The smallest absolute Gasteiger partial charge is 0.255 e. The summed E-state index contributed by atoms with van der Waals surface area (Å²) in [5.74, 6) is -2.21. The number of hydrogen-bond donors (Lipinski definition) is 2. The number of primary amides is 1. The van der Waals surface area contributed by atoms with E-state index in [2.05, 4.69) is 0 Å². The van der Waals surface area contributed by atoms with Gasteiger partial charge in [-0.15, -0.1) is 0 Å². The van der Waals surface area contributed by atoms with Gasteiger partial charge >= 0.3 is 0 Å². The van der Waals surface area contributed by atoms with E-state index in [1.165, 1.54) is 12.1 Å². The van der Waals surface area contributed by atoms with Crippen LogP contribution in [0.4, 0.5) is 4.39 Å². The highest BCUT2D eigenvalue weighted by Gasteiger charge is 2.11. The fraction of sp³-hybridized carbons (Fsp3) is 0. The quantitative estimate of drug-likeness (QED) is 0.624. The maximum atomic E-state index is 12.6. The van der Waals surface area contributed by atoms with Gasteiger partial charge in [0.05, 0.1) is 0 Å². The van der Waals surface area contributed by atoms with Crippen LogP contribution in [0.3, 0.4) is 0 Å².